The quantitative estimate of drug-likeness (QED) is 0.861. The topological polar surface area (TPSA) is 21.3 Å². The molecule has 0 aliphatic heterocycles. The van der Waals surface area contributed by atoms with Crippen molar-refractivity contribution in [3.63, 3.8) is 0 Å². The minimum Gasteiger partial charge on any atom is -0.490 e. The molecule has 1 fully saturated rings. The third kappa shape index (κ3) is 3.44. The van der Waals surface area contributed by atoms with Crippen molar-refractivity contribution in [2.45, 2.75) is 25.0 Å². The first-order valence-electron chi connectivity index (χ1n) is 7.06. The van der Waals surface area contributed by atoms with Gasteiger partial charge in [0.2, 0.25) is 0 Å². The van der Waals surface area contributed by atoms with Crippen molar-refractivity contribution in [3.8, 4) is 5.75 Å². The predicted octanol–water partition coefficient (Wildman–Crippen LogP) is 4.44. The lowest BCUT2D eigenvalue weighted by Crippen LogP contribution is -2.17. The monoisotopic (exact) mass is 349 g/mol. The number of halogens is 2. The van der Waals surface area contributed by atoms with Crippen LogP contribution in [-0.4, -0.2) is 13.2 Å². The number of ether oxygens (including phenoxy) is 1. The van der Waals surface area contributed by atoms with Crippen LogP contribution in [0, 0.1) is 5.82 Å². The van der Waals surface area contributed by atoms with Crippen LogP contribution >= 0.6 is 15.9 Å². The first-order chi connectivity index (χ1) is 10.2. The van der Waals surface area contributed by atoms with Crippen LogP contribution < -0.4 is 10.1 Å². The van der Waals surface area contributed by atoms with Crippen LogP contribution in [0.15, 0.2) is 46.9 Å². The third-order valence-electron chi connectivity index (χ3n) is 3.61. The van der Waals surface area contributed by atoms with E-state index in [2.05, 4.69) is 21.2 Å². The van der Waals surface area contributed by atoms with Gasteiger partial charge in [-0.3, -0.25) is 0 Å². The molecule has 0 heterocycles. The van der Waals surface area contributed by atoms with E-state index in [9.17, 15) is 4.39 Å². The molecule has 2 aromatic carbocycles. The van der Waals surface area contributed by atoms with Gasteiger partial charge in [0.25, 0.3) is 0 Å². The van der Waals surface area contributed by atoms with Gasteiger partial charge in [-0.1, -0.05) is 18.2 Å². The molecule has 1 atom stereocenters. The molecule has 1 aliphatic carbocycles. The van der Waals surface area contributed by atoms with Crippen LogP contribution in [0.25, 0.3) is 0 Å². The average Bonchev–Trinajstić information content (AvgIpc) is 3.29. The van der Waals surface area contributed by atoms with E-state index in [0.717, 1.165) is 29.7 Å². The van der Waals surface area contributed by atoms with E-state index in [-0.39, 0.29) is 11.9 Å². The van der Waals surface area contributed by atoms with Crippen LogP contribution in [-0.2, 0) is 0 Å². The molecule has 0 radical (unpaired) electrons. The smallest absolute Gasteiger partial charge is 0.137 e. The molecule has 1 aliphatic rings. The number of hydrogen-bond acceptors (Lipinski definition) is 2. The lowest BCUT2D eigenvalue weighted by atomic mass is 9.99. The standard InChI is InChI=1S/C17H17BrFNO/c1-20-17(12-4-9-15(18)16(19)10-12)11-2-5-13(6-3-11)21-14-7-8-14/h2-6,9-10,14,17,20H,7-8H2,1H3. The molecule has 110 valence electrons. The van der Waals surface area contributed by atoms with Crippen molar-refractivity contribution in [2.24, 2.45) is 0 Å². The highest BCUT2D eigenvalue weighted by Gasteiger charge is 2.23. The summed E-state index contributed by atoms with van der Waals surface area (Å²) in [5, 5.41) is 3.23. The van der Waals surface area contributed by atoms with E-state index in [1.807, 2.05) is 37.4 Å². The average molecular weight is 350 g/mol. The minimum atomic E-state index is -0.249. The van der Waals surface area contributed by atoms with Crippen LogP contribution in [0.4, 0.5) is 4.39 Å². The molecular weight excluding hydrogens is 333 g/mol. The summed E-state index contributed by atoms with van der Waals surface area (Å²) in [5.74, 6) is 0.652. The van der Waals surface area contributed by atoms with Crippen molar-refractivity contribution < 1.29 is 9.13 Å². The zero-order valence-corrected chi connectivity index (χ0v) is 13.4. The fourth-order valence-electron chi connectivity index (χ4n) is 2.33. The van der Waals surface area contributed by atoms with Crippen LogP contribution in [0.1, 0.15) is 30.0 Å². The zero-order chi connectivity index (χ0) is 14.8. The van der Waals surface area contributed by atoms with Crippen LogP contribution in [0.5, 0.6) is 5.75 Å². The van der Waals surface area contributed by atoms with Crippen molar-refractivity contribution in [3.05, 3.63) is 63.9 Å². The van der Waals surface area contributed by atoms with Gasteiger partial charge in [0.15, 0.2) is 0 Å². The number of hydrogen-bond donors (Lipinski definition) is 1. The molecular formula is C17H17BrFNO. The van der Waals surface area contributed by atoms with E-state index in [1.165, 1.54) is 0 Å². The van der Waals surface area contributed by atoms with Gasteiger partial charge in [0.1, 0.15) is 11.6 Å². The van der Waals surface area contributed by atoms with E-state index < -0.39 is 0 Å². The van der Waals surface area contributed by atoms with Crippen molar-refractivity contribution >= 4 is 15.9 Å². The fourth-order valence-corrected chi connectivity index (χ4v) is 2.58. The van der Waals surface area contributed by atoms with Gasteiger partial charge in [-0.2, -0.15) is 0 Å². The molecule has 0 aromatic heterocycles. The Bertz CT molecular complexity index is 625. The van der Waals surface area contributed by atoms with E-state index in [4.69, 9.17) is 4.74 Å². The Morgan fingerprint density at radius 1 is 1.14 bits per heavy atom. The molecule has 4 heteroatoms. The first kappa shape index (κ1) is 14.5. The summed E-state index contributed by atoms with van der Waals surface area (Å²) < 4.78 is 19.9. The molecule has 1 saturated carbocycles. The molecule has 3 rings (SSSR count). The van der Waals surface area contributed by atoms with Gasteiger partial charge < -0.3 is 10.1 Å². The van der Waals surface area contributed by atoms with Gasteiger partial charge >= 0.3 is 0 Å². The maximum absolute atomic E-state index is 13.7. The summed E-state index contributed by atoms with van der Waals surface area (Å²) in [4.78, 5) is 0. The van der Waals surface area contributed by atoms with Crippen molar-refractivity contribution in [1.29, 1.82) is 0 Å². The lowest BCUT2D eigenvalue weighted by Gasteiger charge is -2.18. The van der Waals surface area contributed by atoms with Gasteiger partial charge in [0, 0.05) is 0 Å². The normalized spacial score (nSPS) is 15.8. The maximum Gasteiger partial charge on any atom is 0.137 e. The Morgan fingerprint density at radius 3 is 2.38 bits per heavy atom. The van der Waals surface area contributed by atoms with E-state index in [1.54, 1.807) is 12.1 Å². The Labute approximate surface area is 132 Å². The Kier molecular flexibility index (Phi) is 4.27. The molecule has 2 nitrogen and oxygen atoms in total. The maximum atomic E-state index is 13.7. The summed E-state index contributed by atoms with van der Waals surface area (Å²) in [5.41, 5.74) is 1.98. The molecule has 1 N–H and O–H groups in total. The third-order valence-corrected chi connectivity index (χ3v) is 4.25. The number of rotatable bonds is 5. The molecule has 1 unspecified atom stereocenters. The molecule has 0 bridgehead atoms. The highest BCUT2D eigenvalue weighted by atomic mass is 79.9. The molecule has 21 heavy (non-hydrogen) atoms. The van der Waals surface area contributed by atoms with Crippen molar-refractivity contribution in [1.82, 2.24) is 5.32 Å². The second-order valence-electron chi connectivity index (χ2n) is 5.28. The van der Waals surface area contributed by atoms with Crippen LogP contribution in [0.3, 0.4) is 0 Å². The second kappa shape index (κ2) is 6.16. The Balaban J connectivity index is 1.82. The SMILES string of the molecule is CNC(c1ccc(OC2CC2)cc1)c1ccc(Br)c(F)c1. The van der Waals surface area contributed by atoms with Gasteiger partial charge in [-0.25, -0.2) is 4.39 Å². The highest BCUT2D eigenvalue weighted by molar-refractivity contribution is 9.10. The van der Waals surface area contributed by atoms with Gasteiger partial charge in [0.05, 0.1) is 16.6 Å². The van der Waals surface area contributed by atoms with Crippen LogP contribution in [0.2, 0.25) is 0 Å². The Hall–Kier alpha value is -1.39. The summed E-state index contributed by atoms with van der Waals surface area (Å²) in [7, 11) is 1.87. The summed E-state index contributed by atoms with van der Waals surface area (Å²) >= 11 is 3.18. The Morgan fingerprint density at radius 2 is 1.81 bits per heavy atom. The summed E-state index contributed by atoms with van der Waals surface area (Å²) in [6.45, 7) is 0. The first-order valence-corrected chi connectivity index (χ1v) is 7.85. The zero-order valence-electron chi connectivity index (χ0n) is 11.8. The molecule has 0 saturated heterocycles. The summed E-state index contributed by atoms with van der Waals surface area (Å²) in [6.07, 6.45) is 2.70. The largest absolute Gasteiger partial charge is 0.490 e. The minimum absolute atomic E-state index is 0.0393. The lowest BCUT2D eigenvalue weighted by molar-refractivity contribution is 0.303. The number of nitrogens with one attached hydrogen (secondary N) is 1. The second-order valence-corrected chi connectivity index (χ2v) is 6.14. The van der Waals surface area contributed by atoms with E-state index in [0.29, 0.717) is 10.6 Å². The summed E-state index contributed by atoms with van der Waals surface area (Å²) in [6, 6.07) is 13.2. The highest BCUT2D eigenvalue weighted by Crippen LogP contribution is 2.29. The predicted molar refractivity (Wildman–Crippen MR) is 85.1 cm³/mol. The molecule has 0 amide bonds. The van der Waals surface area contributed by atoms with Gasteiger partial charge in [-0.15, -0.1) is 0 Å². The number of benzene rings is 2. The fraction of sp³-hybridized carbons (Fsp3) is 0.294. The van der Waals surface area contributed by atoms with Gasteiger partial charge in [-0.05, 0) is 71.2 Å². The molecule has 0 spiro atoms. The molecule has 2 aromatic rings. The van der Waals surface area contributed by atoms with E-state index >= 15 is 0 Å². The van der Waals surface area contributed by atoms with Crippen molar-refractivity contribution in [2.75, 3.05) is 7.05 Å².